The number of rotatable bonds is 7. The quantitative estimate of drug-likeness (QED) is 0.778. The van der Waals surface area contributed by atoms with Crippen molar-refractivity contribution in [3.63, 3.8) is 0 Å². The minimum atomic E-state index is -3.16. The van der Waals surface area contributed by atoms with Crippen LogP contribution < -0.4 is 11.1 Å². The standard InChI is InChI=1S/C12H18N2O3S/c1-2-9-18(16,17)11-5-3-10(4-6-11)14-8-7-12(13)15/h3-6,14H,2,7-9H2,1H3,(H2,13,15). The number of benzene rings is 1. The van der Waals surface area contributed by atoms with Crippen molar-refractivity contribution in [2.24, 2.45) is 5.73 Å². The van der Waals surface area contributed by atoms with Crippen molar-refractivity contribution >= 4 is 21.4 Å². The molecule has 5 nitrogen and oxygen atoms in total. The molecule has 1 aromatic carbocycles. The maximum Gasteiger partial charge on any atom is 0.219 e. The van der Waals surface area contributed by atoms with E-state index in [1.807, 2.05) is 6.92 Å². The monoisotopic (exact) mass is 270 g/mol. The summed E-state index contributed by atoms with van der Waals surface area (Å²) in [6.07, 6.45) is 0.844. The Labute approximate surface area is 107 Å². The lowest BCUT2D eigenvalue weighted by atomic mass is 10.3. The second-order valence-corrected chi connectivity index (χ2v) is 6.10. The number of nitrogens with two attached hydrogens (primary N) is 1. The fourth-order valence-electron chi connectivity index (χ4n) is 1.50. The molecule has 0 bridgehead atoms. The smallest absolute Gasteiger partial charge is 0.219 e. The summed E-state index contributed by atoms with van der Waals surface area (Å²) in [6, 6.07) is 6.50. The van der Waals surface area contributed by atoms with Crippen molar-refractivity contribution in [2.45, 2.75) is 24.7 Å². The SMILES string of the molecule is CCCS(=O)(=O)c1ccc(NCCC(N)=O)cc1. The maximum absolute atomic E-state index is 11.8. The van der Waals surface area contributed by atoms with E-state index in [1.54, 1.807) is 24.3 Å². The fourth-order valence-corrected chi connectivity index (χ4v) is 2.82. The predicted molar refractivity (Wildman–Crippen MR) is 71.1 cm³/mol. The molecule has 0 aliphatic rings. The van der Waals surface area contributed by atoms with Crippen LogP contribution in [0.3, 0.4) is 0 Å². The van der Waals surface area contributed by atoms with Crippen molar-refractivity contribution in [1.29, 1.82) is 0 Å². The minimum absolute atomic E-state index is 0.154. The van der Waals surface area contributed by atoms with Gasteiger partial charge in [-0.2, -0.15) is 0 Å². The van der Waals surface area contributed by atoms with Gasteiger partial charge in [0.25, 0.3) is 0 Å². The van der Waals surface area contributed by atoms with Gasteiger partial charge < -0.3 is 11.1 Å². The first-order chi connectivity index (χ1) is 8.45. The van der Waals surface area contributed by atoms with E-state index in [1.165, 1.54) is 0 Å². The summed E-state index contributed by atoms with van der Waals surface area (Å²) in [5.74, 6) is -0.216. The third kappa shape index (κ3) is 4.37. The van der Waals surface area contributed by atoms with Crippen LogP contribution in [-0.4, -0.2) is 26.6 Å². The highest BCUT2D eigenvalue weighted by Crippen LogP contribution is 2.15. The first-order valence-electron chi connectivity index (χ1n) is 5.80. The summed E-state index contributed by atoms with van der Waals surface area (Å²) >= 11 is 0. The van der Waals surface area contributed by atoms with Crippen LogP contribution in [0.1, 0.15) is 19.8 Å². The molecule has 1 rings (SSSR count). The van der Waals surface area contributed by atoms with Crippen LogP contribution >= 0.6 is 0 Å². The van der Waals surface area contributed by atoms with Crippen LogP contribution in [0.15, 0.2) is 29.2 Å². The molecule has 6 heteroatoms. The topological polar surface area (TPSA) is 89.3 Å². The number of primary amides is 1. The molecule has 0 radical (unpaired) electrons. The number of carbonyl (C=O) groups excluding carboxylic acids is 1. The Morgan fingerprint density at radius 2 is 1.89 bits per heavy atom. The first kappa shape index (κ1) is 14.5. The molecule has 0 atom stereocenters. The lowest BCUT2D eigenvalue weighted by Gasteiger charge is -2.07. The van der Waals surface area contributed by atoms with Crippen LogP contribution in [0.4, 0.5) is 5.69 Å². The summed E-state index contributed by atoms with van der Waals surface area (Å²) in [7, 11) is -3.16. The van der Waals surface area contributed by atoms with Gasteiger partial charge in [-0.05, 0) is 30.7 Å². The van der Waals surface area contributed by atoms with Crippen molar-refractivity contribution in [3.05, 3.63) is 24.3 Å². The number of sulfone groups is 1. The molecule has 0 aromatic heterocycles. The Morgan fingerprint density at radius 1 is 1.28 bits per heavy atom. The van der Waals surface area contributed by atoms with Crippen molar-refractivity contribution < 1.29 is 13.2 Å². The highest BCUT2D eigenvalue weighted by Gasteiger charge is 2.12. The van der Waals surface area contributed by atoms with E-state index in [4.69, 9.17) is 5.73 Å². The van der Waals surface area contributed by atoms with Crippen LogP contribution in [0.25, 0.3) is 0 Å². The molecule has 0 heterocycles. The lowest BCUT2D eigenvalue weighted by Crippen LogP contribution is -2.15. The van der Waals surface area contributed by atoms with E-state index in [0.29, 0.717) is 17.9 Å². The van der Waals surface area contributed by atoms with E-state index in [2.05, 4.69) is 5.32 Å². The summed E-state index contributed by atoms with van der Waals surface area (Å²) < 4.78 is 23.5. The third-order valence-corrected chi connectivity index (χ3v) is 4.32. The Kier molecular flexibility index (Phi) is 5.15. The minimum Gasteiger partial charge on any atom is -0.385 e. The van der Waals surface area contributed by atoms with Gasteiger partial charge in [0, 0.05) is 18.7 Å². The Morgan fingerprint density at radius 3 is 2.39 bits per heavy atom. The van der Waals surface area contributed by atoms with Gasteiger partial charge >= 0.3 is 0 Å². The van der Waals surface area contributed by atoms with Gasteiger partial charge in [-0.1, -0.05) is 6.92 Å². The number of nitrogens with one attached hydrogen (secondary N) is 1. The lowest BCUT2D eigenvalue weighted by molar-refractivity contribution is -0.117. The van der Waals surface area contributed by atoms with E-state index in [-0.39, 0.29) is 18.1 Å². The molecule has 0 aliphatic heterocycles. The predicted octanol–water partition coefficient (Wildman–Crippen LogP) is 1.16. The largest absolute Gasteiger partial charge is 0.385 e. The molecule has 0 spiro atoms. The van der Waals surface area contributed by atoms with Gasteiger partial charge in [0.05, 0.1) is 10.6 Å². The van der Waals surface area contributed by atoms with Crippen LogP contribution in [0, 0.1) is 0 Å². The highest BCUT2D eigenvalue weighted by atomic mass is 32.2. The molecule has 0 fully saturated rings. The van der Waals surface area contributed by atoms with E-state index >= 15 is 0 Å². The fraction of sp³-hybridized carbons (Fsp3) is 0.417. The summed E-state index contributed by atoms with van der Waals surface area (Å²) in [6.45, 7) is 2.27. The molecule has 0 aliphatic carbocycles. The van der Waals surface area contributed by atoms with Gasteiger partial charge in [0.1, 0.15) is 0 Å². The average molecular weight is 270 g/mol. The second kappa shape index (κ2) is 6.39. The molecule has 0 unspecified atom stereocenters. The summed E-state index contributed by atoms with van der Waals surface area (Å²) in [4.78, 5) is 10.9. The highest BCUT2D eigenvalue weighted by molar-refractivity contribution is 7.91. The van der Waals surface area contributed by atoms with Crippen LogP contribution in [0.2, 0.25) is 0 Å². The Bertz CT molecular complexity index is 495. The maximum atomic E-state index is 11.8. The number of anilines is 1. The molecule has 3 N–H and O–H groups in total. The first-order valence-corrected chi connectivity index (χ1v) is 7.46. The number of hydrogen-bond donors (Lipinski definition) is 2. The van der Waals surface area contributed by atoms with Crippen LogP contribution in [0.5, 0.6) is 0 Å². The van der Waals surface area contributed by atoms with Gasteiger partial charge in [-0.3, -0.25) is 4.79 Å². The van der Waals surface area contributed by atoms with Crippen molar-refractivity contribution in [1.82, 2.24) is 0 Å². The molecule has 0 saturated carbocycles. The average Bonchev–Trinajstić information content (AvgIpc) is 2.29. The zero-order chi connectivity index (χ0) is 13.6. The van der Waals surface area contributed by atoms with Gasteiger partial charge in [0.15, 0.2) is 9.84 Å². The van der Waals surface area contributed by atoms with Gasteiger partial charge in [0.2, 0.25) is 5.91 Å². The van der Waals surface area contributed by atoms with Crippen molar-refractivity contribution in [3.8, 4) is 0 Å². The van der Waals surface area contributed by atoms with E-state index < -0.39 is 9.84 Å². The Hall–Kier alpha value is -1.56. The van der Waals surface area contributed by atoms with E-state index in [9.17, 15) is 13.2 Å². The third-order valence-electron chi connectivity index (χ3n) is 2.39. The molecular formula is C12H18N2O3S. The zero-order valence-electron chi connectivity index (χ0n) is 10.3. The van der Waals surface area contributed by atoms with E-state index in [0.717, 1.165) is 5.69 Å². The normalized spacial score (nSPS) is 11.2. The summed E-state index contributed by atoms with van der Waals surface area (Å²) in [5.41, 5.74) is 5.78. The Balaban J connectivity index is 2.65. The number of carbonyl (C=O) groups is 1. The zero-order valence-corrected chi connectivity index (χ0v) is 11.2. The molecular weight excluding hydrogens is 252 g/mol. The van der Waals surface area contributed by atoms with Crippen molar-refractivity contribution in [2.75, 3.05) is 17.6 Å². The van der Waals surface area contributed by atoms with Gasteiger partial charge in [-0.15, -0.1) is 0 Å². The summed E-state index contributed by atoms with van der Waals surface area (Å²) in [5, 5.41) is 2.99. The molecule has 1 aromatic rings. The molecule has 1 amide bonds. The second-order valence-electron chi connectivity index (χ2n) is 3.99. The van der Waals surface area contributed by atoms with Crippen LogP contribution in [-0.2, 0) is 14.6 Å². The van der Waals surface area contributed by atoms with Gasteiger partial charge in [-0.25, -0.2) is 8.42 Å². The molecule has 0 saturated heterocycles. The molecule has 100 valence electrons. The number of hydrogen-bond acceptors (Lipinski definition) is 4. The molecule has 18 heavy (non-hydrogen) atoms. The number of amides is 1.